The maximum atomic E-state index is 5.27. The van der Waals surface area contributed by atoms with Crippen LogP contribution in [-0.2, 0) is 0 Å². The Morgan fingerprint density at radius 2 is 2.57 bits per heavy atom. The average Bonchev–Trinajstić information content (AvgIpc) is 1.68. The van der Waals surface area contributed by atoms with Crippen molar-refractivity contribution >= 4 is 11.6 Å². The molecule has 0 aliphatic carbocycles. The minimum Gasteiger partial charge on any atom is -0.318 e. The van der Waals surface area contributed by atoms with Crippen LogP contribution in [0.4, 0.5) is 0 Å². The van der Waals surface area contributed by atoms with Crippen LogP contribution in [-0.4, -0.2) is 18.1 Å². The molecule has 2 nitrogen and oxygen atoms in total. The molecule has 7 heavy (non-hydrogen) atoms. The van der Waals surface area contributed by atoms with Crippen LogP contribution in [0.25, 0.3) is 0 Å². The molecule has 0 aliphatic rings. The Morgan fingerprint density at radius 3 is 2.71 bits per heavy atom. The summed E-state index contributed by atoms with van der Waals surface area (Å²) in [5.41, 5.74) is 2.78. The van der Waals surface area contributed by atoms with Crippen molar-refractivity contribution in [1.29, 1.82) is 0 Å². The van der Waals surface area contributed by atoms with Crippen molar-refractivity contribution in [3.05, 3.63) is 12.8 Å². The van der Waals surface area contributed by atoms with Gasteiger partial charge in [0, 0.05) is 13.2 Å². The normalized spacial score (nSPS) is 8.29. The average molecular weight is 121 g/mol. The van der Waals surface area contributed by atoms with E-state index in [0.717, 1.165) is 0 Å². The number of halogens is 1. The molecule has 0 atom stereocenters. The third kappa shape index (κ3) is 3.62. The van der Waals surface area contributed by atoms with Gasteiger partial charge in [0.05, 0.1) is 6.00 Å². The topological polar surface area (TPSA) is 15.3 Å². The summed E-state index contributed by atoms with van der Waals surface area (Å²) in [6, 6.07) is 0.419. The fourth-order valence-corrected chi connectivity index (χ4v) is 0.347. The maximum absolute atomic E-state index is 5.27. The van der Waals surface area contributed by atoms with Crippen molar-refractivity contribution in [3.63, 3.8) is 0 Å². The van der Waals surface area contributed by atoms with Gasteiger partial charge in [0.15, 0.2) is 0 Å². The number of rotatable bonds is 3. The third-order valence-electron chi connectivity index (χ3n) is 0.583. The molecule has 1 N–H and O–H groups in total. The van der Waals surface area contributed by atoms with E-state index in [9.17, 15) is 0 Å². The van der Waals surface area contributed by atoms with Crippen molar-refractivity contribution in [2.45, 2.75) is 0 Å². The van der Waals surface area contributed by atoms with Gasteiger partial charge in [-0.1, -0.05) is 6.58 Å². The van der Waals surface area contributed by atoms with E-state index in [1.165, 1.54) is 0 Å². The Hall–Kier alpha value is -0.210. The molecule has 3 heteroatoms. The van der Waals surface area contributed by atoms with Crippen molar-refractivity contribution < 1.29 is 0 Å². The van der Waals surface area contributed by atoms with Gasteiger partial charge < -0.3 is 5.01 Å². The molecule has 0 amide bonds. The maximum Gasteiger partial charge on any atom is 0.0893 e. The predicted octanol–water partition coefficient (Wildman–Crippen LogP) is 0.763. The highest BCUT2D eigenvalue weighted by molar-refractivity contribution is 6.17. The lowest BCUT2D eigenvalue weighted by atomic mass is 10.9. The molecule has 0 aromatic carbocycles. The molecular formula is C4H9ClN2. The molecule has 0 fully saturated rings. The molecule has 0 saturated heterocycles. The Morgan fingerprint density at radius 1 is 2.00 bits per heavy atom. The van der Waals surface area contributed by atoms with Gasteiger partial charge in [0.2, 0.25) is 0 Å². The zero-order valence-electron chi connectivity index (χ0n) is 4.32. The fraction of sp³-hybridized carbons (Fsp3) is 0.500. The first-order chi connectivity index (χ1) is 3.31. The van der Waals surface area contributed by atoms with Gasteiger partial charge in [-0.2, -0.15) is 0 Å². The Bertz CT molecular complexity index is 55.7. The van der Waals surface area contributed by atoms with Gasteiger partial charge in [-0.15, -0.1) is 11.6 Å². The summed E-state index contributed by atoms with van der Waals surface area (Å²) in [6.07, 6.45) is 1.64. The second kappa shape index (κ2) is 3.96. The zero-order chi connectivity index (χ0) is 5.70. The molecule has 0 aromatic heterocycles. The zero-order valence-corrected chi connectivity index (χ0v) is 5.07. The van der Waals surface area contributed by atoms with Gasteiger partial charge in [-0.05, 0) is 0 Å². The Balaban J connectivity index is 2.98. The number of nitrogens with one attached hydrogen (secondary N) is 1. The van der Waals surface area contributed by atoms with Gasteiger partial charge in [-0.3, -0.25) is 0 Å². The van der Waals surface area contributed by atoms with Crippen LogP contribution in [0, 0.1) is 0 Å². The van der Waals surface area contributed by atoms with Crippen LogP contribution in [0.2, 0.25) is 0 Å². The summed E-state index contributed by atoms with van der Waals surface area (Å²) in [7, 11) is 1.83. The number of hydrazine groups is 1. The van der Waals surface area contributed by atoms with E-state index in [1.54, 1.807) is 11.2 Å². The standard InChI is InChI=1S/C4H9ClN2/c1-3-7(2)6-4-5/h3,6H,1,4H2,2H3. The van der Waals surface area contributed by atoms with Crippen LogP contribution in [0.3, 0.4) is 0 Å². The minimum atomic E-state index is 0.419. The Kier molecular flexibility index (Phi) is 3.84. The summed E-state index contributed by atoms with van der Waals surface area (Å²) in [4.78, 5) is 0. The smallest absolute Gasteiger partial charge is 0.0893 e. The fourth-order valence-electron chi connectivity index (χ4n) is 0.159. The van der Waals surface area contributed by atoms with Crippen molar-refractivity contribution in [1.82, 2.24) is 10.4 Å². The van der Waals surface area contributed by atoms with Crippen LogP contribution >= 0.6 is 11.6 Å². The molecule has 0 radical (unpaired) electrons. The van der Waals surface area contributed by atoms with Crippen molar-refractivity contribution in [2.75, 3.05) is 13.1 Å². The van der Waals surface area contributed by atoms with E-state index in [0.29, 0.717) is 6.00 Å². The summed E-state index contributed by atoms with van der Waals surface area (Å²) >= 11 is 5.27. The van der Waals surface area contributed by atoms with Crippen LogP contribution in [0.15, 0.2) is 12.8 Å². The summed E-state index contributed by atoms with van der Waals surface area (Å²) in [6.45, 7) is 3.48. The molecular weight excluding hydrogens is 112 g/mol. The second-order valence-electron chi connectivity index (χ2n) is 1.09. The monoisotopic (exact) mass is 120 g/mol. The SMILES string of the molecule is C=CN(C)NCCl. The van der Waals surface area contributed by atoms with E-state index in [1.807, 2.05) is 7.05 Å². The van der Waals surface area contributed by atoms with Crippen molar-refractivity contribution in [2.24, 2.45) is 0 Å². The molecule has 0 spiro atoms. The van der Waals surface area contributed by atoms with Crippen LogP contribution in [0.1, 0.15) is 0 Å². The molecule has 0 saturated carbocycles. The predicted molar refractivity (Wildman–Crippen MR) is 31.8 cm³/mol. The largest absolute Gasteiger partial charge is 0.318 e. The van der Waals surface area contributed by atoms with Gasteiger partial charge >= 0.3 is 0 Å². The molecule has 0 rings (SSSR count). The number of hydrogen-bond acceptors (Lipinski definition) is 2. The summed E-state index contributed by atoms with van der Waals surface area (Å²) < 4.78 is 0. The highest BCUT2D eigenvalue weighted by atomic mass is 35.5. The number of hydrogen-bond donors (Lipinski definition) is 1. The highest BCUT2D eigenvalue weighted by Crippen LogP contribution is 1.73. The first kappa shape index (κ1) is 6.79. The molecule has 0 aliphatic heterocycles. The van der Waals surface area contributed by atoms with Crippen molar-refractivity contribution in [3.8, 4) is 0 Å². The summed E-state index contributed by atoms with van der Waals surface area (Å²) in [5, 5.41) is 1.69. The molecule has 0 heterocycles. The number of nitrogens with zero attached hydrogens (tertiary/aromatic N) is 1. The minimum absolute atomic E-state index is 0.419. The van der Waals surface area contributed by atoms with E-state index in [4.69, 9.17) is 11.6 Å². The van der Waals surface area contributed by atoms with E-state index >= 15 is 0 Å². The highest BCUT2D eigenvalue weighted by Gasteiger charge is 1.79. The Labute approximate surface area is 48.7 Å². The van der Waals surface area contributed by atoms with Crippen LogP contribution in [0.5, 0.6) is 0 Å². The van der Waals surface area contributed by atoms with Gasteiger partial charge in [0.1, 0.15) is 0 Å². The number of alkyl halides is 1. The lowest BCUT2D eigenvalue weighted by Crippen LogP contribution is -2.27. The lowest BCUT2D eigenvalue weighted by Gasteiger charge is -2.10. The third-order valence-corrected chi connectivity index (χ3v) is 0.703. The quantitative estimate of drug-likeness (QED) is 0.336. The molecule has 42 valence electrons. The summed E-state index contributed by atoms with van der Waals surface area (Å²) in [5.74, 6) is 0. The molecule has 0 unspecified atom stereocenters. The van der Waals surface area contributed by atoms with Gasteiger partial charge in [-0.25, -0.2) is 5.43 Å². The van der Waals surface area contributed by atoms with Crippen LogP contribution < -0.4 is 5.43 Å². The lowest BCUT2D eigenvalue weighted by molar-refractivity contribution is 0.357. The first-order valence-electron chi connectivity index (χ1n) is 1.96. The molecule has 0 bridgehead atoms. The van der Waals surface area contributed by atoms with E-state index in [2.05, 4.69) is 12.0 Å². The second-order valence-corrected chi connectivity index (χ2v) is 1.35. The van der Waals surface area contributed by atoms with E-state index < -0.39 is 0 Å². The van der Waals surface area contributed by atoms with Gasteiger partial charge in [0.25, 0.3) is 0 Å². The first-order valence-corrected chi connectivity index (χ1v) is 2.49. The molecule has 0 aromatic rings. The van der Waals surface area contributed by atoms with E-state index in [-0.39, 0.29) is 0 Å².